The van der Waals surface area contributed by atoms with Crippen LogP contribution in [0, 0.1) is 17.8 Å². The minimum atomic E-state index is 0. The summed E-state index contributed by atoms with van der Waals surface area (Å²) in [5.74, 6) is 2.11. The van der Waals surface area contributed by atoms with Gasteiger partial charge >= 0.3 is 0 Å². The van der Waals surface area contributed by atoms with Crippen molar-refractivity contribution in [3.8, 4) is 0 Å². The van der Waals surface area contributed by atoms with Gasteiger partial charge in [0, 0.05) is 18.9 Å². The number of nitrogens with one attached hydrogen (secondary N) is 1. The largest absolute Gasteiger partial charge is 1.00 e. The Labute approximate surface area is 249 Å². The van der Waals surface area contributed by atoms with Gasteiger partial charge in [0.05, 0.1) is 27.2 Å². The van der Waals surface area contributed by atoms with E-state index in [0.29, 0.717) is 11.8 Å². The zero-order valence-corrected chi connectivity index (χ0v) is 27.6. The van der Waals surface area contributed by atoms with Crippen molar-refractivity contribution in [2.24, 2.45) is 17.8 Å². The van der Waals surface area contributed by atoms with Crippen molar-refractivity contribution < 1.29 is 26.3 Å². The second-order valence-electron chi connectivity index (χ2n) is 13.6. The molecule has 0 spiro atoms. The van der Waals surface area contributed by atoms with Gasteiger partial charge in [-0.3, -0.25) is 4.79 Å². The molecule has 0 bridgehead atoms. The van der Waals surface area contributed by atoms with Crippen LogP contribution in [0.4, 0.5) is 0 Å². The average molecular weight is 600 g/mol. The highest BCUT2D eigenvalue weighted by molar-refractivity contribution is 5.79. The molecule has 0 unspecified atom stereocenters. The molecule has 0 aromatic heterocycles. The number of unbranched alkanes of at least 4 members (excludes halogenated alkanes) is 9. The van der Waals surface area contributed by atoms with Gasteiger partial charge in [-0.2, -0.15) is 0 Å². The Kier molecular flexibility index (Phi) is 21.4. The summed E-state index contributed by atoms with van der Waals surface area (Å²) < 4.78 is 1.10. The summed E-state index contributed by atoms with van der Waals surface area (Å²) in [5.41, 5.74) is 0. The maximum atomic E-state index is 13.4. The molecule has 4 heteroatoms. The van der Waals surface area contributed by atoms with Gasteiger partial charge < -0.3 is 26.8 Å². The summed E-state index contributed by atoms with van der Waals surface area (Å²) in [4.78, 5) is 13.4. The molecule has 2 atom stereocenters. The van der Waals surface area contributed by atoms with Crippen LogP contribution in [0.15, 0.2) is 0 Å². The lowest BCUT2D eigenvalue weighted by Crippen LogP contribution is -3.00. The van der Waals surface area contributed by atoms with Crippen LogP contribution >= 0.6 is 0 Å². The van der Waals surface area contributed by atoms with Crippen molar-refractivity contribution >= 4 is 5.91 Å². The van der Waals surface area contributed by atoms with Crippen LogP contribution in [0.5, 0.6) is 0 Å². The fourth-order valence-corrected chi connectivity index (χ4v) is 7.31. The minimum absolute atomic E-state index is 0. The normalized spacial score (nSPS) is 22.0. The first kappa shape index (κ1) is 35.9. The number of halogens is 1. The van der Waals surface area contributed by atoms with Crippen LogP contribution < -0.4 is 22.3 Å². The number of nitrogens with zero attached hydrogens (tertiary/aromatic N) is 1. The monoisotopic (exact) mass is 598 g/mol. The highest BCUT2D eigenvalue weighted by Crippen LogP contribution is 2.39. The third kappa shape index (κ3) is 16.2. The molecular formula is C34H67BrN2O. The van der Waals surface area contributed by atoms with Crippen molar-refractivity contribution in [3.63, 3.8) is 0 Å². The van der Waals surface area contributed by atoms with Crippen LogP contribution in [0.1, 0.15) is 161 Å². The van der Waals surface area contributed by atoms with Crippen molar-refractivity contribution in [1.82, 2.24) is 5.32 Å². The van der Waals surface area contributed by atoms with Crippen molar-refractivity contribution in [1.29, 1.82) is 0 Å². The van der Waals surface area contributed by atoms with E-state index in [-0.39, 0.29) is 22.9 Å². The number of hydrogen-bond donors (Lipinski definition) is 1. The van der Waals surface area contributed by atoms with Crippen molar-refractivity contribution in [3.05, 3.63) is 0 Å². The Morgan fingerprint density at radius 1 is 0.632 bits per heavy atom. The Morgan fingerprint density at radius 3 is 1.71 bits per heavy atom. The first-order chi connectivity index (χ1) is 18.0. The van der Waals surface area contributed by atoms with Gasteiger partial charge in [0.25, 0.3) is 0 Å². The van der Waals surface area contributed by atoms with Gasteiger partial charge in [-0.25, -0.2) is 0 Å². The fourth-order valence-electron chi connectivity index (χ4n) is 7.31. The third-order valence-corrected chi connectivity index (χ3v) is 9.77. The Hall–Kier alpha value is -0.0900. The lowest BCUT2D eigenvalue weighted by Gasteiger charge is -2.36. The Bertz CT molecular complexity index is 559. The molecule has 0 heterocycles. The lowest BCUT2D eigenvalue weighted by atomic mass is 9.70. The molecule has 2 rings (SSSR count). The predicted molar refractivity (Wildman–Crippen MR) is 162 cm³/mol. The fraction of sp³-hybridized carbons (Fsp3) is 0.971. The molecule has 226 valence electrons. The van der Waals surface area contributed by atoms with Crippen LogP contribution in [0.3, 0.4) is 0 Å². The van der Waals surface area contributed by atoms with E-state index in [1.54, 1.807) is 0 Å². The molecule has 1 N–H and O–H groups in total. The summed E-state index contributed by atoms with van der Waals surface area (Å²) >= 11 is 0. The van der Waals surface area contributed by atoms with Gasteiger partial charge in [-0.15, -0.1) is 0 Å². The summed E-state index contributed by atoms with van der Waals surface area (Å²) in [7, 11) is 4.77. The van der Waals surface area contributed by atoms with Crippen LogP contribution in [-0.2, 0) is 4.79 Å². The summed E-state index contributed by atoms with van der Waals surface area (Å²) in [6.07, 6.45) is 32.7. The number of carbonyl (C=O) groups is 1. The predicted octanol–water partition coefficient (Wildman–Crippen LogP) is 6.44. The van der Waals surface area contributed by atoms with Gasteiger partial charge in [-0.05, 0) is 37.5 Å². The topological polar surface area (TPSA) is 29.1 Å². The average Bonchev–Trinajstić information content (AvgIpc) is 2.83. The van der Waals surface area contributed by atoms with E-state index in [9.17, 15) is 4.79 Å². The van der Waals surface area contributed by atoms with Gasteiger partial charge in [-0.1, -0.05) is 129 Å². The zero-order chi connectivity index (χ0) is 26.6. The lowest BCUT2D eigenvalue weighted by molar-refractivity contribution is -0.890. The van der Waals surface area contributed by atoms with E-state index >= 15 is 0 Å². The van der Waals surface area contributed by atoms with E-state index in [0.717, 1.165) is 29.8 Å². The molecule has 2 aliphatic carbocycles. The first-order valence-electron chi connectivity index (χ1n) is 17.1. The van der Waals surface area contributed by atoms with Gasteiger partial charge in [0.15, 0.2) is 0 Å². The van der Waals surface area contributed by atoms with E-state index in [1.165, 1.54) is 154 Å². The number of amides is 1. The zero-order valence-electron chi connectivity index (χ0n) is 26.1. The van der Waals surface area contributed by atoms with E-state index in [4.69, 9.17) is 0 Å². The number of rotatable bonds is 17. The van der Waals surface area contributed by atoms with Crippen LogP contribution in [0.2, 0.25) is 0 Å². The molecule has 1 amide bonds. The van der Waals surface area contributed by atoms with E-state index < -0.39 is 0 Å². The second kappa shape index (κ2) is 22.6. The number of quaternary nitrogens is 1. The minimum Gasteiger partial charge on any atom is -1.00 e. The molecule has 0 aromatic rings. The SMILES string of the molecule is CCCCCCCCCCCC[N+](C)(C)CCCNC(=O)[C@H]1CCCCCC[C@H]1C1CCCCCCC1.[Br-]. The van der Waals surface area contributed by atoms with Gasteiger partial charge in [0.1, 0.15) is 0 Å². The molecule has 3 nitrogen and oxygen atoms in total. The molecular weight excluding hydrogens is 532 g/mol. The van der Waals surface area contributed by atoms with Crippen molar-refractivity contribution in [2.75, 3.05) is 33.7 Å². The van der Waals surface area contributed by atoms with E-state index in [1.807, 2.05) is 0 Å². The highest BCUT2D eigenvalue weighted by Gasteiger charge is 2.34. The molecule has 0 radical (unpaired) electrons. The smallest absolute Gasteiger partial charge is 0.223 e. The molecule has 38 heavy (non-hydrogen) atoms. The molecule has 2 saturated carbocycles. The standard InChI is InChI=1S/C34H66N2O.BrH/c1-4-5-6-7-8-9-10-11-17-22-29-36(2,3)30-23-28-35-34(37)33-27-21-16-15-20-26-32(33)31-24-18-13-12-14-19-25-31;/h31-33H,4-30H2,1-3H3;1H/t32-,33-;/m0./s1. The second-order valence-corrected chi connectivity index (χ2v) is 13.6. The molecule has 0 saturated heterocycles. The molecule has 2 aliphatic rings. The molecule has 2 fully saturated rings. The quantitative estimate of drug-likeness (QED) is 0.151. The van der Waals surface area contributed by atoms with Crippen LogP contribution in [-0.4, -0.2) is 44.1 Å². The molecule has 0 aromatic carbocycles. The first-order valence-corrected chi connectivity index (χ1v) is 17.1. The number of carbonyl (C=O) groups excluding carboxylic acids is 1. The van der Waals surface area contributed by atoms with Crippen LogP contribution in [0.25, 0.3) is 0 Å². The Balaban J connectivity index is 0.00000722. The summed E-state index contributed by atoms with van der Waals surface area (Å²) in [6.45, 7) is 5.61. The number of hydrogen-bond acceptors (Lipinski definition) is 1. The molecule has 0 aliphatic heterocycles. The Morgan fingerprint density at radius 2 is 1.11 bits per heavy atom. The maximum Gasteiger partial charge on any atom is 0.223 e. The van der Waals surface area contributed by atoms with E-state index in [2.05, 4.69) is 26.3 Å². The maximum absolute atomic E-state index is 13.4. The van der Waals surface area contributed by atoms with Crippen molar-refractivity contribution in [2.45, 2.75) is 161 Å². The summed E-state index contributed by atoms with van der Waals surface area (Å²) in [6, 6.07) is 0. The van der Waals surface area contributed by atoms with Gasteiger partial charge in [0.2, 0.25) is 5.91 Å². The summed E-state index contributed by atoms with van der Waals surface area (Å²) in [5, 5.41) is 3.43. The third-order valence-electron chi connectivity index (χ3n) is 9.77. The highest BCUT2D eigenvalue weighted by atomic mass is 79.9.